The van der Waals surface area contributed by atoms with Crippen LogP contribution in [0.4, 0.5) is 0 Å². The zero-order chi connectivity index (χ0) is 6.41. The van der Waals surface area contributed by atoms with Gasteiger partial charge in [-0.2, -0.15) is 0 Å². The van der Waals surface area contributed by atoms with Gasteiger partial charge in [0.15, 0.2) is 6.40 Å². The summed E-state index contributed by atoms with van der Waals surface area (Å²) >= 11 is 0. The summed E-state index contributed by atoms with van der Waals surface area (Å²) in [6.07, 6.45) is 1.47. The third kappa shape index (κ3) is 5.47. The van der Waals surface area contributed by atoms with Crippen LogP contribution in [0.25, 0.3) is 0 Å². The third-order valence-electron chi connectivity index (χ3n) is 0.610. The van der Waals surface area contributed by atoms with Crippen LogP contribution in [-0.4, -0.2) is 20.1 Å². The molecule has 2 nitrogen and oxygen atoms in total. The summed E-state index contributed by atoms with van der Waals surface area (Å²) in [6, 6.07) is 0. The predicted octanol–water partition coefficient (Wildman–Crippen LogP) is 1.32. The van der Waals surface area contributed by atoms with Gasteiger partial charge in [-0.25, -0.2) is 0 Å². The number of hydrogen-bond donors (Lipinski definition) is 0. The molecule has 0 bridgehead atoms. The average Bonchev–Trinajstić information content (AvgIpc) is 1.66. The van der Waals surface area contributed by atoms with Crippen LogP contribution in [0.15, 0.2) is 4.99 Å². The van der Waals surface area contributed by atoms with E-state index in [4.69, 9.17) is 4.74 Å². The minimum atomic E-state index is 0.591. The Balaban J connectivity index is 2.93. The molecule has 8 heavy (non-hydrogen) atoms. The quantitative estimate of drug-likeness (QED) is 0.401. The van der Waals surface area contributed by atoms with Crippen molar-refractivity contribution in [3.63, 3.8) is 0 Å². The molecular formula is C6H13NO. The fourth-order valence-corrected chi connectivity index (χ4v) is 0.310. The SMILES string of the molecule is CN=COCC(C)C. The third-order valence-corrected chi connectivity index (χ3v) is 0.610. The molecule has 0 aromatic carbocycles. The highest BCUT2D eigenvalue weighted by molar-refractivity contribution is 5.45. The Morgan fingerprint density at radius 2 is 2.25 bits per heavy atom. The topological polar surface area (TPSA) is 21.6 Å². The van der Waals surface area contributed by atoms with Crippen molar-refractivity contribution in [1.82, 2.24) is 0 Å². The van der Waals surface area contributed by atoms with E-state index in [1.54, 1.807) is 7.05 Å². The molecule has 0 rings (SSSR count). The highest BCUT2D eigenvalue weighted by atomic mass is 16.5. The minimum absolute atomic E-state index is 0.591. The summed E-state index contributed by atoms with van der Waals surface area (Å²) in [7, 11) is 1.69. The van der Waals surface area contributed by atoms with E-state index in [9.17, 15) is 0 Å². The van der Waals surface area contributed by atoms with E-state index in [-0.39, 0.29) is 0 Å². The summed E-state index contributed by atoms with van der Waals surface area (Å²) in [5.41, 5.74) is 0. The normalized spacial score (nSPS) is 11.0. The van der Waals surface area contributed by atoms with Gasteiger partial charge in [-0.1, -0.05) is 13.8 Å². The minimum Gasteiger partial charge on any atom is -0.483 e. The average molecular weight is 115 g/mol. The van der Waals surface area contributed by atoms with Gasteiger partial charge >= 0.3 is 0 Å². The summed E-state index contributed by atoms with van der Waals surface area (Å²) in [4.78, 5) is 3.66. The zero-order valence-corrected chi connectivity index (χ0v) is 5.72. The molecule has 0 saturated carbocycles. The van der Waals surface area contributed by atoms with Crippen LogP contribution in [0, 0.1) is 5.92 Å². The van der Waals surface area contributed by atoms with Crippen LogP contribution < -0.4 is 0 Å². The first-order valence-corrected chi connectivity index (χ1v) is 2.79. The molecule has 0 heterocycles. The monoisotopic (exact) mass is 115 g/mol. The van der Waals surface area contributed by atoms with Crippen LogP contribution in [0.2, 0.25) is 0 Å². The lowest BCUT2D eigenvalue weighted by molar-refractivity contribution is 0.271. The molecule has 0 unspecified atom stereocenters. The van der Waals surface area contributed by atoms with Crippen molar-refractivity contribution in [3.8, 4) is 0 Å². The molecule has 2 heteroatoms. The van der Waals surface area contributed by atoms with Gasteiger partial charge in [-0.05, 0) is 5.92 Å². The van der Waals surface area contributed by atoms with E-state index in [0.29, 0.717) is 5.92 Å². The number of aliphatic imine (C=N–C) groups is 1. The fourth-order valence-electron chi connectivity index (χ4n) is 0.310. The molecule has 48 valence electrons. The van der Waals surface area contributed by atoms with E-state index in [1.807, 2.05) is 0 Å². The number of ether oxygens (including phenoxy) is 1. The summed E-state index contributed by atoms with van der Waals surface area (Å²) in [5.74, 6) is 0.591. The first kappa shape index (κ1) is 7.47. The molecule has 0 spiro atoms. The lowest BCUT2D eigenvalue weighted by Gasteiger charge is -2.00. The summed E-state index contributed by atoms with van der Waals surface area (Å²) in [6.45, 7) is 4.96. The molecular weight excluding hydrogens is 102 g/mol. The van der Waals surface area contributed by atoms with Crippen LogP contribution >= 0.6 is 0 Å². The Kier molecular flexibility index (Phi) is 4.32. The van der Waals surface area contributed by atoms with Gasteiger partial charge in [0.25, 0.3) is 0 Å². The molecule has 0 N–H and O–H groups in total. The van der Waals surface area contributed by atoms with Gasteiger partial charge in [0.05, 0.1) is 6.61 Å². The lowest BCUT2D eigenvalue weighted by Crippen LogP contribution is -1.99. The predicted molar refractivity (Wildman–Crippen MR) is 35.2 cm³/mol. The molecule has 0 fully saturated rings. The van der Waals surface area contributed by atoms with Crippen molar-refractivity contribution in [2.24, 2.45) is 10.9 Å². The van der Waals surface area contributed by atoms with Gasteiger partial charge in [0.1, 0.15) is 0 Å². The first-order valence-electron chi connectivity index (χ1n) is 2.79. The zero-order valence-electron chi connectivity index (χ0n) is 5.72. The second-order valence-corrected chi connectivity index (χ2v) is 2.09. The van der Waals surface area contributed by atoms with E-state index >= 15 is 0 Å². The van der Waals surface area contributed by atoms with Crippen molar-refractivity contribution in [3.05, 3.63) is 0 Å². The van der Waals surface area contributed by atoms with Gasteiger partial charge in [0, 0.05) is 7.05 Å². The molecule has 0 amide bonds. The highest BCUT2D eigenvalue weighted by Crippen LogP contribution is 1.89. The standard InChI is InChI=1S/C6H13NO/c1-6(2)4-8-5-7-3/h5-6H,4H2,1-3H3. The smallest absolute Gasteiger partial charge is 0.169 e. The van der Waals surface area contributed by atoms with E-state index in [0.717, 1.165) is 6.61 Å². The van der Waals surface area contributed by atoms with Crippen molar-refractivity contribution >= 4 is 6.40 Å². The van der Waals surface area contributed by atoms with Gasteiger partial charge in [0.2, 0.25) is 0 Å². The molecule has 0 aromatic rings. The van der Waals surface area contributed by atoms with Gasteiger partial charge in [-0.15, -0.1) is 0 Å². The second kappa shape index (κ2) is 4.62. The maximum Gasteiger partial charge on any atom is 0.169 e. The summed E-state index contributed by atoms with van der Waals surface area (Å²) in [5, 5.41) is 0. The first-order chi connectivity index (χ1) is 3.77. The van der Waals surface area contributed by atoms with Crippen molar-refractivity contribution in [1.29, 1.82) is 0 Å². The Hall–Kier alpha value is -0.530. The van der Waals surface area contributed by atoms with Crippen molar-refractivity contribution in [2.45, 2.75) is 13.8 Å². The number of rotatable bonds is 3. The molecule has 0 aliphatic rings. The van der Waals surface area contributed by atoms with E-state index < -0.39 is 0 Å². The maximum absolute atomic E-state index is 4.95. The van der Waals surface area contributed by atoms with Crippen molar-refractivity contribution < 1.29 is 4.74 Å². The Morgan fingerprint density at radius 1 is 1.62 bits per heavy atom. The molecule has 0 aliphatic heterocycles. The molecule has 0 saturated heterocycles. The largest absolute Gasteiger partial charge is 0.483 e. The Bertz CT molecular complexity index is 68.9. The van der Waals surface area contributed by atoms with E-state index in [2.05, 4.69) is 18.8 Å². The number of hydrogen-bond acceptors (Lipinski definition) is 2. The molecule has 0 radical (unpaired) electrons. The second-order valence-electron chi connectivity index (χ2n) is 2.09. The highest BCUT2D eigenvalue weighted by Gasteiger charge is 1.88. The van der Waals surface area contributed by atoms with Gasteiger partial charge in [-0.3, -0.25) is 4.99 Å². The van der Waals surface area contributed by atoms with Crippen molar-refractivity contribution in [2.75, 3.05) is 13.7 Å². The van der Waals surface area contributed by atoms with Crippen LogP contribution in [0.5, 0.6) is 0 Å². The summed E-state index contributed by atoms with van der Waals surface area (Å²) < 4.78 is 4.95. The Morgan fingerprint density at radius 3 is 2.62 bits per heavy atom. The number of nitrogens with zero attached hydrogens (tertiary/aromatic N) is 1. The molecule has 0 aliphatic carbocycles. The molecule has 0 aromatic heterocycles. The molecule has 0 atom stereocenters. The Labute approximate surface area is 50.6 Å². The van der Waals surface area contributed by atoms with E-state index in [1.165, 1.54) is 6.40 Å². The maximum atomic E-state index is 4.95. The van der Waals surface area contributed by atoms with Crippen LogP contribution in [-0.2, 0) is 4.74 Å². The van der Waals surface area contributed by atoms with Gasteiger partial charge < -0.3 is 4.74 Å². The lowest BCUT2D eigenvalue weighted by atomic mass is 10.2. The fraction of sp³-hybridized carbons (Fsp3) is 0.833. The van der Waals surface area contributed by atoms with Crippen LogP contribution in [0.3, 0.4) is 0 Å². The van der Waals surface area contributed by atoms with Crippen LogP contribution in [0.1, 0.15) is 13.8 Å².